The average molecular weight is 675 g/mol. The first-order valence-electron chi connectivity index (χ1n) is 9.95. The molecule has 1 saturated heterocycles. The molecule has 1 fully saturated rings. The van der Waals surface area contributed by atoms with Gasteiger partial charge in [0.25, 0.3) is 0 Å². The summed E-state index contributed by atoms with van der Waals surface area (Å²) in [5.41, 5.74) is 4.37. The largest absolute Gasteiger partial charge is 0.495 e. The van der Waals surface area contributed by atoms with Crippen molar-refractivity contribution in [1.29, 1.82) is 0 Å². The lowest BCUT2D eigenvalue weighted by molar-refractivity contribution is 0.122. The van der Waals surface area contributed by atoms with E-state index in [0.29, 0.717) is 43.9 Å². The number of ether oxygens (including phenoxy) is 2. The fourth-order valence-electron chi connectivity index (χ4n) is 3.09. The highest BCUT2D eigenvalue weighted by Gasteiger charge is 2.17. The molecule has 4 rings (SSSR count). The topological polar surface area (TPSA) is 96.8 Å². The van der Waals surface area contributed by atoms with E-state index in [1.54, 1.807) is 25.5 Å². The van der Waals surface area contributed by atoms with Crippen LogP contribution in [0, 0.1) is 13.0 Å². The molecule has 33 heavy (non-hydrogen) atoms. The molecule has 0 spiro atoms. The molecule has 0 aliphatic carbocycles. The van der Waals surface area contributed by atoms with Crippen LogP contribution in [0.15, 0.2) is 41.5 Å². The van der Waals surface area contributed by atoms with Crippen molar-refractivity contribution in [2.75, 3.05) is 49.1 Å². The number of aromatic nitrogens is 3. The van der Waals surface area contributed by atoms with E-state index in [2.05, 4.69) is 76.0 Å². The van der Waals surface area contributed by atoms with Crippen LogP contribution in [0.1, 0.15) is 5.56 Å². The number of anilines is 4. The number of nitrogens with zero attached hydrogens (tertiary/aromatic N) is 5. The monoisotopic (exact) mass is 675 g/mol. The van der Waals surface area contributed by atoms with Crippen molar-refractivity contribution in [3.63, 3.8) is 0 Å². The minimum Gasteiger partial charge on any atom is -0.495 e. The Kier molecular flexibility index (Phi) is 8.08. The van der Waals surface area contributed by atoms with Crippen molar-refractivity contribution < 1.29 is 13.9 Å². The first-order valence-corrected chi connectivity index (χ1v) is 12.1. The Hall–Kier alpha value is -2.33. The van der Waals surface area contributed by atoms with E-state index >= 15 is 0 Å². The zero-order valence-electron chi connectivity index (χ0n) is 17.6. The summed E-state index contributed by atoms with van der Waals surface area (Å²) in [5, 5.41) is 7.41. The molecule has 1 aromatic heterocycles. The second-order valence-corrected chi connectivity index (χ2v) is 9.30. The zero-order chi connectivity index (χ0) is 23.2. The molecule has 0 amide bonds. The molecule has 1 aliphatic rings. The number of rotatable bonds is 7. The van der Waals surface area contributed by atoms with Crippen LogP contribution in [0.4, 0.5) is 27.9 Å². The Bertz CT molecular complexity index is 1140. The summed E-state index contributed by atoms with van der Waals surface area (Å²) in [5.74, 6) is 1.51. The molecule has 0 unspecified atom stereocenters. The number of methoxy groups -OCH3 is 1. The highest BCUT2D eigenvalue weighted by atomic mass is 127. The third kappa shape index (κ3) is 6.38. The van der Waals surface area contributed by atoms with E-state index < -0.39 is 0 Å². The quantitative estimate of drug-likeness (QED) is 0.218. The Labute approximate surface area is 217 Å². The number of hydrogen-bond donors (Lipinski definition) is 2. The predicted octanol–water partition coefficient (Wildman–Crippen LogP) is 4.25. The SMILES string of the molecule is COc1c(I)cc(I)cc1/C=N/Nc1nc(Nc2ccc(F)cc2)nc(N2CCOCC2)n1. The fraction of sp³-hybridized carbons (Fsp3) is 0.238. The van der Waals surface area contributed by atoms with Gasteiger partial charge in [-0.2, -0.15) is 20.1 Å². The van der Waals surface area contributed by atoms with Crippen LogP contribution in [-0.4, -0.2) is 54.6 Å². The van der Waals surface area contributed by atoms with E-state index in [9.17, 15) is 4.39 Å². The van der Waals surface area contributed by atoms with Gasteiger partial charge < -0.3 is 19.7 Å². The molecule has 12 heteroatoms. The van der Waals surface area contributed by atoms with Crippen molar-refractivity contribution in [1.82, 2.24) is 15.0 Å². The van der Waals surface area contributed by atoms with Gasteiger partial charge in [-0.25, -0.2) is 9.82 Å². The molecule has 172 valence electrons. The van der Waals surface area contributed by atoms with E-state index in [-0.39, 0.29) is 11.8 Å². The van der Waals surface area contributed by atoms with Gasteiger partial charge in [0.1, 0.15) is 11.6 Å². The maximum atomic E-state index is 13.3. The van der Waals surface area contributed by atoms with Gasteiger partial charge in [-0.3, -0.25) is 0 Å². The van der Waals surface area contributed by atoms with Gasteiger partial charge >= 0.3 is 0 Å². The highest BCUT2D eigenvalue weighted by Crippen LogP contribution is 2.27. The molecule has 0 atom stereocenters. The highest BCUT2D eigenvalue weighted by molar-refractivity contribution is 14.1. The normalized spacial score (nSPS) is 13.9. The summed E-state index contributed by atoms with van der Waals surface area (Å²) in [6.45, 7) is 2.53. The maximum absolute atomic E-state index is 13.3. The second-order valence-electron chi connectivity index (χ2n) is 6.89. The second kappa shape index (κ2) is 11.2. The van der Waals surface area contributed by atoms with Crippen molar-refractivity contribution >= 4 is 74.9 Å². The van der Waals surface area contributed by atoms with Crippen molar-refractivity contribution in [3.05, 3.63) is 54.9 Å². The summed E-state index contributed by atoms with van der Waals surface area (Å²) in [7, 11) is 1.63. The molecule has 0 saturated carbocycles. The molecule has 0 radical (unpaired) electrons. The average Bonchev–Trinajstić information content (AvgIpc) is 2.81. The lowest BCUT2D eigenvalue weighted by Crippen LogP contribution is -2.37. The molecule has 9 nitrogen and oxygen atoms in total. The summed E-state index contributed by atoms with van der Waals surface area (Å²) in [6, 6.07) is 9.96. The van der Waals surface area contributed by atoms with Crippen LogP contribution in [0.3, 0.4) is 0 Å². The van der Waals surface area contributed by atoms with Gasteiger partial charge in [-0.1, -0.05) is 0 Å². The van der Waals surface area contributed by atoms with Crippen LogP contribution < -0.4 is 20.4 Å². The van der Waals surface area contributed by atoms with Crippen molar-refractivity contribution in [2.45, 2.75) is 0 Å². The molecule has 2 aromatic carbocycles. The molecule has 2 N–H and O–H groups in total. The Morgan fingerprint density at radius 3 is 2.55 bits per heavy atom. The number of nitrogens with one attached hydrogen (secondary N) is 2. The summed E-state index contributed by atoms with van der Waals surface area (Å²) in [6.07, 6.45) is 1.66. The molecular formula is C21H20FI2N7O2. The first kappa shape index (κ1) is 23.8. The zero-order valence-corrected chi connectivity index (χ0v) is 21.9. The van der Waals surface area contributed by atoms with Gasteiger partial charge in [-0.05, 0) is 81.6 Å². The molecule has 0 bridgehead atoms. The van der Waals surface area contributed by atoms with Gasteiger partial charge in [0.2, 0.25) is 17.8 Å². The lowest BCUT2D eigenvalue weighted by atomic mass is 10.2. The Morgan fingerprint density at radius 1 is 1.09 bits per heavy atom. The standard InChI is InChI=1S/C21H20FI2N7O2/c1-32-18-13(10-15(23)11-17(18)24)12-25-30-20-27-19(26-16-4-2-14(22)3-5-16)28-21(29-20)31-6-8-33-9-7-31/h2-5,10-12H,6-9H2,1H3,(H2,26,27,28,29,30)/b25-12+. The number of benzene rings is 2. The molecule has 1 aliphatic heterocycles. The smallest absolute Gasteiger partial charge is 0.250 e. The summed E-state index contributed by atoms with van der Waals surface area (Å²) >= 11 is 4.48. The van der Waals surface area contributed by atoms with Gasteiger partial charge in [0.05, 0.1) is 30.1 Å². The van der Waals surface area contributed by atoms with Crippen LogP contribution in [-0.2, 0) is 4.74 Å². The molecule has 2 heterocycles. The van der Waals surface area contributed by atoms with Crippen molar-refractivity contribution in [2.24, 2.45) is 5.10 Å². The van der Waals surface area contributed by atoms with E-state index in [1.807, 2.05) is 17.0 Å². The summed E-state index contributed by atoms with van der Waals surface area (Å²) < 4.78 is 26.2. The van der Waals surface area contributed by atoms with Gasteiger partial charge in [-0.15, -0.1) is 0 Å². The fourth-order valence-corrected chi connectivity index (χ4v) is 5.20. The van der Waals surface area contributed by atoms with Gasteiger partial charge in [0, 0.05) is 27.9 Å². The summed E-state index contributed by atoms with van der Waals surface area (Å²) in [4.78, 5) is 15.5. The Morgan fingerprint density at radius 2 is 1.82 bits per heavy atom. The van der Waals surface area contributed by atoms with E-state index in [1.165, 1.54) is 12.1 Å². The lowest BCUT2D eigenvalue weighted by Gasteiger charge is -2.27. The van der Waals surface area contributed by atoms with Crippen LogP contribution in [0.25, 0.3) is 0 Å². The Balaban J connectivity index is 1.59. The maximum Gasteiger partial charge on any atom is 0.250 e. The first-order chi connectivity index (χ1) is 16.0. The number of hydrogen-bond acceptors (Lipinski definition) is 9. The third-order valence-electron chi connectivity index (χ3n) is 4.63. The minimum absolute atomic E-state index is 0.270. The predicted molar refractivity (Wildman–Crippen MR) is 142 cm³/mol. The minimum atomic E-state index is -0.317. The van der Waals surface area contributed by atoms with Gasteiger partial charge in [0.15, 0.2) is 0 Å². The molecular weight excluding hydrogens is 655 g/mol. The van der Waals surface area contributed by atoms with Crippen LogP contribution in [0.2, 0.25) is 0 Å². The number of hydrazone groups is 1. The van der Waals surface area contributed by atoms with Crippen molar-refractivity contribution in [3.8, 4) is 5.75 Å². The van der Waals surface area contributed by atoms with Crippen LogP contribution >= 0.6 is 45.2 Å². The molecule has 3 aromatic rings. The number of halogens is 3. The third-order valence-corrected chi connectivity index (χ3v) is 6.05. The van der Waals surface area contributed by atoms with E-state index in [0.717, 1.165) is 18.5 Å². The van der Waals surface area contributed by atoms with Crippen LogP contribution in [0.5, 0.6) is 5.75 Å². The number of morpholine rings is 1. The van der Waals surface area contributed by atoms with E-state index in [4.69, 9.17) is 9.47 Å².